The zero-order chi connectivity index (χ0) is 13.3. The molecule has 0 radical (unpaired) electrons. The minimum absolute atomic E-state index is 0.0333. The molecule has 0 aliphatic carbocycles. The fourth-order valence-electron chi connectivity index (χ4n) is 1.57. The van der Waals surface area contributed by atoms with Crippen molar-refractivity contribution in [3.63, 3.8) is 0 Å². The first-order chi connectivity index (χ1) is 7.99. The highest BCUT2D eigenvalue weighted by molar-refractivity contribution is 5.76. The van der Waals surface area contributed by atoms with Crippen LogP contribution in [-0.4, -0.2) is 66.1 Å². The molecule has 17 heavy (non-hydrogen) atoms. The Labute approximate surface area is 102 Å². The summed E-state index contributed by atoms with van der Waals surface area (Å²) in [6, 6.07) is 0. The number of nitrogens with zero attached hydrogens (tertiary/aromatic N) is 2. The lowest BCUT2D eigenvalue weighted by Crippen LogP contribution is -2.40. The van der Waals surface area contributed by atoms with Gasteiger partial charge in [-0.3, -0.25) is 14.5 Å². The van der Waals surface area contributed by atoms with Gasteiger partial charge in [-0.15, -0.1) is 0 Å². The average molecular weight is 245 g/mol. The SMILES string of the molecule is CCN(CC)CCN(CCC(=O)O)CC(N)=O. The monoisotopic (exact) mass is 245 g/mol. The van der Waals surface area contributed by atoms with Crippen LogP contribution in [0.1, 0.15) is 20.3 Å². The highest BCUT2D eigenvalue weighted by Crippen LogP contribution is 1.94. The summed E-state index contributed by atoms with van der Waals surface area (Å²) in [5.41, 5.74) is 5.13. The highest BCUT2D eigenvalue weighted by atomic mass is 16.4. The van der Waals surface area contributed by atoms with Gasteiger partial charge < -0.3 is 15.7 Å². The molecule has 6 nitrogen and oxygen atoms in total. The summed E-state index contributed by atoms with van der Waals surface area (Å²) in [5.74, 6) is -1.28. The fraction of sp³-hybridized carbons (Fsp3) is 0.818. The Bertz CT molecular complexity index is 242. The second kappa shape index (κ2) is 8.95. The van der Waals surface area contributed by atoms with Crippen molar-refractivity contribution in [2.24, 2.45) is 5.73 Å². The van der Waals surface area contributed by atoms with E-state index in [1.54, 1.807) is 4.90 Å². The number of rotatable bonds is 10. The largest absolute Gasteiger partial charge is 0.481 e. The van der Waals surface area contributed by atoms with Crippen molar-refractivity contribution in [3.8, 4) is 0 Å². The second-order valence-corrected chi connectivity index (χ2v) is 3.91. The smallest absolute Gasteiger partial charge is 0.304 e. The number of amides is 1. The Hall–Kier alpha value is -1.14. The second-order valence-electron chi connectivity index (χ2n) is 3.91. The van der Waals surface area contributed by atoms with Gasteiger partial charge in [0.1, 0.15) is 0 Å². The van der Waals surface area contributed by atoms with Gasteiger partial charge in [0.2, 0.25) is 5.91 Å². The Kier molecular flexibility index (Phi) is 8.35. The highest BCUT2D eigenvalue weighted by Gasteiger charge is 2.11. The summed E-state index contributed by atoms with van der Waals surface area (Å²) in [7, 11) is 0. The van der Waals surface area contributed by atoms with Gasteiger partial charge in [-0.05, 0) is 13.1 Å². The first kappa shape index (κ1) is 15.9. The fourth-order valence-corrected chi connectivity index (χ4v) is 1.57. The molecule has 6 heteroatoms. The first-order valence-electron chi connectivity index (χ1n) is 5.94. The Balaban J connectivity index is 4.08. The van der Waals surface area contributed by atoms with E-state index in [2.05, 4.69) is 18.7 Å². The van der Waals surface area contributed by atoms with Crippen LogP contribution >= 0.6 is 0 Å². The van der Waals surface area contributed by atoms with E-state index in [1.807, 2.05) is 0 Å². The van der Waals surface area contributed by atoms with Crippen LogP contribution in [0.2, 0.25) is 0 Å². The molecule has 0 unspecified atom stereocenters. The van der Waals surface area contributed by atoms with Crippen molar-refractivity contribution in [2.75, 3.05) is 39.3 Å². The maximum absolute atomic E-state index is 10.9. The minimum atomic E-state index is -0.859. The van der Waals surface area contributed by atoms with Gasteiger partial charge in [0, 0.05) is 19.6 Å². The van der Waals surface area contributed by atoms with Crippen molar-refractivity contribution in [2.45, 2.75) is 20.3 Å². The molecule has 0 saturated carbocycles. The van der Waals surface area contributed by atoms with Gasteiger partial charge in [0.05, 0.1) is 13.0 Å². The predicted molar refractivity (Wildman–Crippen MR) is 65.7 cm³/mol. The van der Waals surface area contributed by atoms with Crippen molar-refractivity contribution >= 4 is 11.9 Å². The average Bonchev–Trinajstić information content (AvgIpc) is 2.26. The van der Waals surface area contributed by atoms with Crippen LogP contribution in [0.15, 0.2) is 0 Å². The predicted octanol–water partition coefficient (Wildman–Crippen LogP) is -0.410. The molecule has 0 aromatic rings. The van der Waals surface area contributed by atoms with E-state index in [0.29, 0.717) is 13.1 Å². The molecule has 0 heterocycles. The summed E-state index contributed by atoms with van der Waals surface area (Å²) in [5, 5.41) is 8.61. The number of hydrogen-bond acceptors (Lipinski definition) is 4. The summed E-state index contributed by atoms with van der Waals surface area (Å²) in [4.78, 5) is 25.3. The number of hydrogen-bond donors (Lipinski definition) is 2. The number of aliphatic carboxylic acids is 1. The van der Waals surface area contributed by atoms with Crippen LogP contribution in [0.4, 0.5) is 0 Å². The Morgan fingerprint density at radius 1 is 1.06 bits per heavy atom. The number of nitrogens with two attached hydrogens (primary N) is 1. The zero-order valence-electron chi connectivity index (χ0n) is 10.7. The molecule has 0 rings (SSSR count). The molecule has 3 N–H and O–H groups in total. The maximum atomic E-state index is 10.9. The molecule has 0 aliphatic heterocycles. The molecular formula is C11H23N3O3. The van der Waals surface area contributed by atoms with E-state index in [-0.39, 0.29) is 13.0 Å². The van der Waals surface area contributed by atoms with Crippen LogP contribution in [0.5, 0.6) is 0 Å². The third kappa shape index (κ3) is 8.65. The van der Waals surface area contributed by atoms with Crippen LogP contribution in [-0.2, 0) is 9.59 Å². The topological polar surface area (TPSA) is 86.9 Å². The zero-order valence-corrected chi connectivity index (χ0v) is 10.7. The number of likely N-dealkylation sites (N-methyl/N-ethyl adjacent to an activating group) is 1. The molecule has 0 saturated heterocycles. The normalized spacial score (nSPS) is 11.1. The third-order valence-corrected chi connectivity index (χ3v) is 2.65. The van der Waals surface area contributed by atoms with E-state index in [0.717, 1.165) is 19.6 Å². The van der Waals surface area contributed by atoms with Crippen LogP contribution in [0.25, 0.3) is 0 Å². The maximum Gasteiger partial charge on any atom is 0.304 e. The molecular weight excluding hydrogens is 222 g/mol. The van der Waals surface area contributed by atoms with E-state index < -0.39 is 11.9 Å². The quantitative estimate of drug-likeness (QED) is 0.546. The number of carboxylic acids is 1. The molecule has 0 aliphatic rings. The van der Waals surface area contributed by atoms with E-state index in [4.69, 9.17) is 10.8 Å². The number of primary amides is 1. The van der Waals surface area contributed by atoms with Gasteiger partial charge >= 0.3 is 5.97 Å². The van der Waals surface area contributed by atoms with Gasteiger partial charge in [0.25, 0.3) is 0 Å². The molecule has 0 spiro atoms. The van der Waals surface area contributed by atoms with Crippen molar-refractivity contribution in [1.29, 1.82) is 0 Å². The molecule has 100 valence electrons. The summed E-state index contributed by atoms with van der Waals surface area (Å²) < 4.78 is 0. The van der Waals surface area contributed by atoms with Crippen molar-refractivity contribution in [1.82, 2.24) is 9.80 Å². The van der Waals surface area contributed by atoms with Gasteiger partial charge in [-0.2, -0.15) is 0 Å². The summed E-state index contributed by atoms with van der Waals surface area (Å²) in [6.07, 6.45) is 0.0333. The Morgan fingerprint density at radius 2 is 1.59 bits per heavy atom. The molecule has 0 bridgehead atoms. The minimum Gasteiger partial charge on any atom is -0.481 e. The van der Waals surface area contributed by atoms with E-state index >= 15 is 0 Å². The van der Waals surface area contributed by atoms with Crippen LogP contribution < -0.4 is 5.73 Å². The van der Waals surface area contributed by atoms with Crippen LogP contribution in [0, 0.1) is 0 Å². The van der Waals surface area contributed by atoms with Gasteiger partial charge in [-0.25, -0.2) is 0 Å². The van der Waals surface area contributed by atoms with E-state index in [9.17, 15) is 9.59 Å². The van der Waals surface area contributed by atoms with Gasteiger partial charge in [-0.1, -0.05) is 13.8 Å². The van der Waals surface area contributed by atoms with E-state index in [1.165, 1.54) is 0 Å². The third-order valence-electron chi connectivity index (χ3n) is 2.65. The molecule has 0 fully saturated rings. The Morgan fingerprint density at radius 3 is 2.00 bits per heavy atom. The summed E-state index contributed by atoms with van der Waals surface area (Å²) in [6.45, 7) is 7.99. The molecule has 1 amide bonds. The molecule has 0 aromatic heterocycles. The lowest BCUT2D eigenvalue weighted by molar-refractivity contribution is -0.137. The van der Waals surface area contributed by atoms with Crippen LogP contribution in [0.3, 0.4) is 0 Å². The van der Waals surface area contributed by atoms with Crippen molar-refractivity contribution < 1.29 is 14.7 Å². The lowest BCUT2D eigenvalue weighted by atomic mass is 10.3. The van der Waals surface area contributed by atoms with Crippen molar-refractivity contribution in [3.05, 3.63) is 0 Å². The summed E-state index contributed by atoms with van der Waals surface area (Å²) >= 11 is 0. The number of carboxylic acid groups (broad SMARTS) is 1. The van der Waals surface area contributed by atoms with Gasteiger partial charge in [0.15, 0.2) is 0 Å². The number of carbonyl (C=O) groups excluding carboxylic acids is 1. The lowest BCUT2D eigenvalue weighted by Gasteiger charge is -2.24. The number of carbonyl (C=O) groups is 2. The first-order valence-corrected chi connectivity index (χ1v) is 5.94. The standard InChI is InChI=1S/C11H23N3O3/c1-3-13(4-2)7-8-14(9-10(12)15)6-5-11(16)17/h3-9H2,1-2H3,(H2,12,15)(H,16,17). The molecule has 0 aromatic carbocycles. The molecule has 0 atom stereocenters.